The predicted molar refractivity (Wildman–Crippen MR) is 69.2 cm³/mol. The summed E-state index contributed by atoms with van der Waals surface area (Å²) < 4.78 is 5.52. The van der Waals surface area contributed by atoms with Crippen molar-refractivity contribution in [2.45, 2.75) is 32.4 Å². The number of nitrogens with zero attached hydrogens (tertiary/aromatic N) is 1. The Morgan fingerprint density at radius 2 is 2.41 bits per heavy atom. The summed E-state index contributed by atoms with van der Waals surface area (Å²) >= 11 is 5.55. The zero-order chi connectivity index (χ0) is 12.1. The quantitative estimate of drug-likeness (QED) is 0.845. The standard InChI is InChI=1S/C13H17ClN2O/c1-10(6-14)9-17-13-5-4-12(16-8-13)7-15-11-2-3-11/h4-6,8,11,15H,2-3,7,9H2,1H3/b10-6-. The molecule has 0 bridgehead atoms. The van der Waals surface area contributed by atoms with Crippen LogP contribution in [0.3, 0.4) is 0 Å². The molecule has 0 radical (unpaired) electrons. The summed E-state index contributed by atoms with van der Waals surface area (Å²) in [5.41, 5.74) is 3.57. The first-order valence-electron chi connectivity index (χ1n) is 5.85. The van der Waals surface area contributed by atoms with Crippen molar-refractivity contribution in [2.24, 2.45) is 0 Å². The van der Waals surface area contributed by atoms with Crippen molar-refractivity contribution in [1.29, 1.82) is 0 Å². The fraction of sp³-hybridized carbons (Fsp3) is 0.462. The zero-order valence-electron chi connectivity index (χ0n) is 9.95. The Morgan fingerprint density at radius 1 is 1.59 bits per heavy atom. The molecule has 0 amide bonds. The lowest BCUT2D eigenvalue weighted by atomic mass is 10.3. The minimum atomic E-state index is 0.505. The first-order chi connectivity index (χ1) is 8.28. The molecular weight excluding hydrogens is 236 g/mol. The third kappa shape index (κ3) is 4.36. The average Bonchev–Trinajstić information content (AvgIpc) is 3.18. The van der Waals surface area contributed by atoms with Gasteiger partial charge in [0, 0.05) is 18.1 Å². The molecule has 1 aliphatic rings. The normalized spacial score (nSPS) is 16.0. The van der Waals surface area contributed by atoms with Crippen molar-refractivity contribution < 1.29 is 4.74 Å². The van der Waals surface area contributed by atoms with Crippen LogP contribution in [0.15, 0.2) is 29.4 Å². The number of aromatic nitrogens is 1. The molecule has 1 aliphatic carbocycles. The topological polar surface area (TPSA) is 34.1 Å². The Morgan fingerprint density at radius 3 is 3.00 bits per heavy atom. The van der Waals surface area contributed by atoms with E-state index in [1.54, 1.807) is 6.20 Å². The lowest BCUT2D eigenvalue weighted by Gasteiger charge is -2.06. The molecule has 1 heterocycles. The first kappa shape index (κ1) is 12.4. The summed E-state index contributed by atoms with van der Waals surface area (Å²) in [5.74, 6) is 0.776. The summed E-state index contributed by atoms with van der Waals surface area (Å²) in [6.45, 7) is 3.27. The third-order valence-corrected chi connectivity index (χ3v) is 2.97. The van der Waals surface area contributed by atoms with Gasteiger partial charge in [-0.3, -0.25) is 4.98 Å². The number of ether oxygens (including phenoxy) is 1. The zero-order valence-corrected chi connectivity index (χ0v) is 10.7. The molecule has 1 aromatic heterocycles. The molecule has 0 saturated heterocycles. The lowest BCUT2D eigenvalue weighted by molar-refractivity contribution is 0.350. The SMILES string of the molecule is C/C(=C/Cl)COc1ccc(CNC2CC2)nc1. The molecule has 0 spiro atoms. The van der Waals surface area contributed by atoms with Gasteiger partial charge in [0.25, 0.3) is 0 Å². The predicted octanol–water partition coefficient (Wildman–Crippen LogP) is 2.86. The smallest absolute Gasteiger partial charge is 0.138 e. The van der Waals surface area contributed by atoms with Crippen molar-refractivity contribution in [3.05, 3.63) is 35.1 Å². The Bertz CT molecular complexity index is 385. The van der Waals surface area contributed by atoms with Crippen LogP contribution in [0.2, 0.25) is 0 Å². The summed E-state index contributed by atoms with van der Waals surface area (Å²) in [6, 6.07) is 4.65. The van der Waals surface area contributed by atoms with E-state index >= 15 is 0 Å². The van der Waals surface area contributed by atoms with E-state index in [4.69, 9.17) is 16.3 Å². The number of halogens is 1. The number of hydrogen-bond acceptors (Lipinski definition) is 3. The first-order valence-corrected chi connectivity index (χ1v) is 6.28. The molecule has 0 aromatic carbocycles. The Hall–Kier alpha value is -1.06. The summed E-state index contributed by atoms with van der Waals surface area (Å²) in [6.07, 6.45) is 4.35. The van der Waals surface area contributed by atoms with Crippen LogP contribution >= 0.6 is 11.6 Å². The average molecular weight is 253 g/mol. The van der Waals surface area contributed by atoms with Crippen molar-refractivity contribution in [2.75, 3.05) is 6.61 Å². The molecular formula is C13H17ClN2O. The lowest BCUT2D eigenvalue weighted by Crippen LogP contribution is -2.16. The molecule has 1 aromatic rings. The molecule has 17 heavy (non-hydrogen) atoms. The van der Waals surface area contributed by atoms with Crippen LogP contribution in [-0.2, 0) is 6.54 Å². The van der Waals surface area contributed by atoms with Crippen LogP contribution in [0.25, 0.3) is 0 Å². The van der Waals surface area contributed by atoms with Gasteiger partial charge in [-0.1, -0.05) is 11.6 Å². The highest BCUT2D eigenvalue weighted by molar-refractivity contribution is 6.25. The van der Waals surface area contributed by atoms with Crippen LogP contribution in [0.5, 0.6) is 5.75 Å². The summed E-state index contributed by atoms with van der Waals surface area (Å²) in [4.78, 5) is 4.34. The van der Waals surface area contributed by atoms with E-state index in [0.29, 0.717) is 12.6 Å². The van der Waals surface area contributed by atoms with E-state index in [-0.39, 0.29) is 0 Å². The molecule has 4 heteroatoms. The van der Waals surface area contributed by atoms with Gasteiger partial charge in [0.1, 0.15) is 12.4 Å². The van der Waals surface area contributed by atoms with E-state index in [2.05, 4.69) is 10.3 Å². The van der Waals surface area contributed by atoms with Gasteiger partial charge in [0.05, 0.1) is 11.9 Å². The summed E-state index contributed by atoms with van der Waals surface area (Å²) in [5, 5.41) is 3.42. The highest BCUT2D eigenvalue weighted by Gasteiger charge is 2.19. The Labute approximate surface area is 107 Å². The van der Waals surface area contributed by atoms with Crippen LogP contribution < -0.4 is 10.1 Å². The third-order valence-electron chi connectivity index (χ3n) is 2.60. The fourth-order valence-electron chi connectivity index (χ4n) is 1.37. The molecule has 1 fully saturated rings. The molecule has 1 N–H and O–H groups in total. The molecule has 0 aliphatic heterocycles. The minimum Gasteiger partial charge on any atom is -0.488 e. The van der Waals surface area contributed by atoms with Gasteiger partial charge in [-0.05, 0) is 37.5 Å². The highest BCUT2D eigenvalue weighted by atomic mass is 35.5. The number of pyridine rings is 1. The second-order valence-electron chi connectivity index (χ2n) is 4.38. The van der Waals surface area contributed by atoms with Gasteiger partial charge in [0.15, 0.2) is 0 Å². The van der Waals surface area contributed by atoms with Crippen molar-refractivity contribution in [3.63, 3.8) is 0 Å². The van der Waals surface area contributed by atoms with Crippen LogP contribution in [0.1, 0.15) is 25.5 Å². The molecule has 0 atom stereocenters. The van der Waals surface area contributed by atoms with Crippen LogP contribution in [-0.4, -0.2) is 17.6 Å². The van der Waals surface area contributed by atoms with Crippen molar-refractivity contribution in [1.82, 2.24) is 10.3 Å². The maximum atomic E-state index is 5.55. The minimum absolute atomic E-state index is 0.505. The van der Waals surface area contributed by atoms with Gasteiger partial charge in [-0.15, -0.1) is 0 Å². The molecule has 2 rings (SSSR count). The van der Waals surface area contributed by atoms with Gasteiger partial charge >= 0.3 is 0 Å². The van der Waals surface area contributed by atoms with Gasteiger partial charge < -0.3 is 10.1 Å². The Kier molecular flexibility index (Phi) is 4.40. The summed E-state index contributed by atoms with van der Waals surface area (Å²) in [7, 11) is 0. The monoisotopic (exact) mass is 252 g/mol. The van der Waals surface area contributed by atoms with E-state index < -0.39 is 0 Å². The highest BCUT2D eigenvalue weighted by Crippen LogP contribution is 2.19. The van der Waals surface area contributed by atoms with E-state index in [1.807, 2.05) is 19.1 Å². The van der Waals surface area contributed by atoms with Crippen LogP contribution in [0, 0.1) is 0 Å². The molecule has 92 valence electrons. The second-order valence-corrected chi connectivity index (χ2v) is 4.60. The van der Waals surface area contributed by atoms with Gasteiger partial charge in [0.2, 0.25) is 0 Å². The fourth-order valence-corrected chi connectivity index (χ4v) is 1.43. The Balaban J connectivity index is 1.79. The number of nitrogens with one attached hydrogen (secondary N) is 1. The van der Waals surface area contributed by atoms with E-state index in [0.717, 1.165) is 23.6 Å². The largest absolute Gasteiger partial charge is 0.488 e. The number of rotatable bonds is 6. The van der Waals surface area contributed by atoms with E-state index in [9.17, 15) is 0 Å². The number of hydrogen-bond donors (Lipinski definition) is 1. The molecule has 0 unspecified atom stereocenters. The molecule has 1 saturated carbocycles. The maximum absolute atomic E-state index is 5.55. The van der Waals surface area contributed by atoms with E-state index in [1.165, 1.54) is 18.4 Å². The van der Waals surface area contributed by atoms with Crippen LogP contribution in [0.4, 0.5) is 0 Å². The van der Waals surface area contributed by atoms with Crippen molar-refractivity contribution in [3.8, 4) is 5.75 Å². The second kappa shape index (κ2) is 6.03. The van der Waals surface area contributed by atoms with Gasteiger partial charge in [-0.25, -0.2) is 0 Å². The van der Waals surface area contributed by atoms with Gasteiger partial charge in [-0.2, -0.15) is 0 Å². The maximum Gasteiger partial charge on any atom is 0.138 e. The van der Waals surface area contributed by atoms with Crippen molar-refractivity contribution >= 4 is 11.6 Å². The molecule has 3 nitrogen and oxygen atoms in total.